The highest BCUT2D eigenvalue weighted by Gasteiger charge is 2.26. The summed E-state index contributed by atoms with van der Waals surface area (Å²) < 4.78 is 5.29. The third kappa shape index (κ3) is 7.36. The lowest BCUT2D eigenvalue weighted by Gasteiger charge is -2.22. The number of likely N-dealkylation sites (tertiary alicyclic amines) is 1. The van der Waals surface area contributed by atoms with E-state index in [9.17, 15) is 14.4 Å². The van der Waals surface area contributed by atoms with E-state index in [4.69, 9.17) is 28.4 Å². The fraction of sp³-hybridized carbons (Fsp3) is 0.500. The minimum Gasteiger partial charge on any atom is -0.444 e. The first kappa shape index (κ1) is 23.7. The zero-order chi connectivity index (χ0) is 22.5. The van der Waals surface area contributed by atoms with E-state index in [1.807, 2.05) is 32.9 Å². The van der Waals surface area contributed by atoms with E-state index >= 15 is 0 Å². The predicted octanol–water partition coefficient (Wildman–Crippen LogP) is 0.655. The number of nitrogens with one attached hydrogen (secondary N) is 2. The molecule has 30 heavy (non-hydrogen) atoms. The molecule has 3 amide bonds. The maximum atomic E-state index is 12.2. The number of hydrogen-bond donors (Lipinski definition) is 4. The molecule has 2 unspecified atom stereocenters. The van der Waals surface area contributed by atoms with Crippen LogP contribution in [0.3, 0.4) is 0 Å². The summed E-state index contributed by atoms with van der Waals surface area (Å²) in [5.41, 5.74) is 11.5. The molecule has 1 heterocycles. The number of hydrogen-bond acceptors (Lipinski definition) is 7. The molecule has 0 aliphatic carbocycles. The molecule has 0 saturated carbocycles. The van der Waals surface area contributed by atoms with Crippen LogP contribution in [0.5, 0.6) is 0 Å². The molecule has 1 aromatic rings. The summed E-state index contributed by atoms with van der Waals surface area (Å²) in [6, 6.07) is 5.88. The number of ether oxygens (including phenoxy) is 1. The van der Waals surface area contributed by atoms with Crippen molar-refractivity contribution in [3.05, 3.63) is 35.4 Å². The number of alkyl carbamates (subject to hydrolysis) is 1. The Morgan fingerprint density at radius 2 is 1.90 bits per heavy atom. The Hall–Kier alpha value is -2.56. The van der Waals surface area contributed by atoms with E-state index in [2.05, 4.69) is 15.5 Å². The molecule has 1 aliphatic heterocycles. The molecule has 164 valence electrons. The molecule has 0 bridgehead atoms. The molecule has 6 N–H and O–H groups in total. The van der Waals surface area contributed by atoms with E-state index < -0.39 is 29.6 Å². The van der Waals surface area contributed by atoms with Crippen LogP contribution in [0.2, 0.25) is 0 Å². The molecule has 2 atom stereocenters. The molecule has 1 fully saturated rings. The van der Waals surface area contributed by atoms with Gasteiger partial charge < -0.3 is 26.8 Å². The lowest BCUT2D eigenvalue weighted by atomic mass is 10.1. The molecule has 1 saturated heterocycles. The molecule has 2 rings (SSSR count). The first-order valence-corrected chi connectivity index (χ1v) is 10.1. The van der Waals surface area contributed by atoms with Crippen molar-refractivity contribution in [3.8, 4) is 0 Å². The second-order valence-corrected chi connectivity index (χ2v) is 8.70. The van der Waals surface area contributed by atoms with Crippen molar-refractivity contribution in [1.29, 1.82) is 0 Å². The molecular weight excluding hydrogens is 406 g/mol. The second kappa shape index (κ2) is 9.96. The van der Waals surface area contributed by atoms with Crippen LogP contribution in [0.1, 0.15) is 43.1 Å². The van der Waals surface area contributed by atoms with Gasteiger partial charge in [0, 0.05) is 31.2 Å². The SMILES string of the molecule is CC(C)(C)OC(=O)NC1CCN(Cc2ccc(C(=O)NC(=S)C(N)C(N)=O)cc2)C1. The Labute approximate surface area is 181 Å². The first-order chi connectivity index (χ1) is 13.9. The van der Waals surface area contributed by atoms with E-state index in [1.165, 1.54) is 0 Å². The van der Waals surface area contributed by atoms with Gasteiger partial charge in [-0.2, -0.15) is 0 Å². The molecule has 0 spiro atoms. The van der Waals surface area contributed by atoms with Crippen LogP contribution in [0, 0.1) is 0 Å². The highest BCUT2D eigenvalue weighted by Crippen LogP contribution is 2.15. The van der Waals surface area contributed by atoms with Crippen molar-refractivity contribution in [1.82, 2.24) is 15.5 Å². The van der Waals surface area contributed by atoms with Crippen LogP contribution in [-0.2, 0) is 16.1 Å². The third-order valence-electron chi connectivity index (χ3n) is 4.44. The van der Waals surface area contributed by atoms with Crippen LogP contribution >= 0.6 is 12.2 Å². The van der Waals surface area contributed by atoms with Crippen LogP contribution < -0.4 is 22.1 Å². The van der Waals surface area contributed by atoms with Crippen LogP contribution in [0.4, 0.5) is 4.79 Å². The van der Waals surface area contributed by atoms with Gasteiger partial charge in [0.05, 0.1) is 0 Å². The number of amides is 3. The monoisotopic (exact) mass is 435 g/mol. The lowest BCUT2D eigenvalue weighted by Crippen LogP contribution is -2.49. The molecule has 1 aromatic carbocycles. The van der Waals surface area contributed by atoms with Gasteiger partial charge in [-0.05, 0) is 44.9 Å². The predicted molar refractivity (Wildman–Crippen MR) is 117 cm³/mol. The normalized spacial score (nSPS) is 17.8. The Kier molecular flexibility index (Phi) is 7.88. The summed E-state index contributed by atoms with van der Waals surface area (Å²) >= 11 is 4.92. The fourth-order valence-electron chi connectivity index (χ4n) is 2.98. The van der Waals surface area contributed by atoms with Crippen molar-refractivity contribution in [2.24, 2.45) is 11.5 Å². The van der Waals surface area contributed by atoms with Crippen LogP contribution in [-0.4, -0.2) is 58.6 Å². The number of rotatable bonds is 6. The standard InChI is InChI=1S/C20H29N5O4S/c1-20(2,3)29-19(28)23-14-8-9-25(11-14)10-12-4-6-13(7-5-12)17(27)24-18(30)15(21)16(22)26/h4-7,14-15H,8-11,21H2,1-3H3,(H2,22,26)(H,23,28)(H,24,27,30). The van der Waals surface area contributed by atoms with Gasteiger partial charge in [0.25, 0.3) is 5.91 Å². The number of nitrogens with two attached hydrogens (primary N) is 2. The summed E-state index contributed by atoms with van der Waals surface area (Å²) in [6.07, 6.45) is 0.441. The van der Waals surface area contributed by atoms with Gasteiger partial charge in [-0.25, -0.2) is 4.79 Å². The summed E-state index contributed by atoms with van der Waals surface area (Å²) in [7, 11) is 0. The first-order valence-electron chi connectivity index (χ1n) is 9.65. The summed E-state index contributed by atoms with van der Waals surface area (Å²) in [5.74, 6) is -1.26. The van der Waals surface area contributed by atoms with Gasteiger partial charge in [0.2, 0.25) is 5.91 Å². The van der Waals surface area contributed by atoms with E-state index in [1.54, 1.807) is 12.1 Å². The molecule has 0 radical (unpaired) electrons. The molecule has 1 aliphatic rings. The van der Waals surface area contributed by atoms with Crippen molar-refractivity contribution >= 4 is 35.1 Å². The highest BCUT2D eigenvalue weighted by atomic mass is 32.1. The van der Waals surface area contributed by atoms with E-state index in [0.717, 1.165) is 25.1 Å². The number of thiocarbonyl (C=S) groups is 1. The Morgan fingerprint density at radius 1 is 1.27 bits per heavy atom. The number of carbonyl (C=O) groups is 3. The summed E-state index contributed by atoms with van der Waals surface area (Å²) in [5, 5.41) is 5.31. The summed E-state index contributed by atoms with van der Waals surface area (Å²) in [4.78, 5) is 37.3. The number of nitrogens with zero attached hydrogens (tertiary/aromatic N) is 1. The topological polar surface area (TPSA) is 140 Å². The van der Waals surface area contributed by atoms with Crippen molar-refractivity contribution in [2.45, 2.75) is 51.4 Å². The van der Waals surface area contributed by atoms with E-state index in [-0.39, 0.29) is 11.0 Å². The van der Waals surface area contributed by atoms with Crippen molar-refractivity contribution in [3.63, 3.8) is 0 Å². The lowest BCUT2D eigenvalue weighted by molar-refractivity contribution is -0.117. The quantitative estimate of drug-likeness (QED) is 0.481. The number of primary amides is 1. The number of carbonyl (C=O) groups excluding carboxylic acids is 3. The van der Waals surface area contributed by atoms with Gasteiger partial charge in [0.1, 0.15) is 16.6 Å². The zero-order valence-electron chi connectivity index (χ0n) is 17.4. The molecule has 10 heteroatoms. The van der Waals surface area contributed by atoms with Crippen LogP contribution in [0.25, 0.3) is 0 Å². The molecular formula is C20H29N5O4S. The van der Waals surface area contributed by atoms with Gasteiger partial charge in [0.15, 0.2) is 0 Å². The van der Waals surface area contributed by atoms with Gasteiger partial charge in [-0.3, -0.25) is 14.5 Å². The second-order valence-electron chi connectivity index (χ2n) is 8.26. The Balaban J connectivity index is 1.83. The fourth-order valence-corrected chi connectivity index (χ4v) is 3.19. The highest BCUT2D eigenvalue weighted by molar-refractivity contribution is 7.80. The molecule has 9 nitrogen and oxygen atoms in total. The smallest absolute Gasteiger partial charge is 0.407 e. The minimum atomic E-state index is -1.21. The van der Waals surface area contributed by atoms with Gasteiger partial charge >= 0.3 is 6.09 Å². The maximum absolute atomic E-state index is 12.2. The van der Waals surface area contributed by atoms with Gasteiger partial charge in [-0.1, -0.05) is 24.4 Å². The zero-order valence-corrected chi connectivity index (χ0v) is 18.3. The summed E-state index contributed by atoms with van der Waals surface area (Å²) in [6.45, 7) is 7.76. The van der Waals surface area contributed by atoms with Crippen molar-refractivity contribution in [2.75, 3.05) is 13.1 Å². The van der Waals surface area contributed by atoms with Crippen LogP contribution in [0.15, 0.2) is 24.3 Å². The average molecular weight is 436 g/mol. The Morgan fingerprint density at radius 3 is 2.47 bits per heavy atom. The maximum Gasteiger partial charge on any atom is 0.407 e. The largest absolute Gasteiger partial charge is 0.444 e. The minimum absolute atomic E-state index is 0.0420. The third-order valence-corrected chi connectivity index (χ3v) is 4.80. The molecule has 0 aromatic heterocycles. The van der Waals surface area contributed by atoms with Gasteiger partial charge in [-0.15, -0.1) is 0 Å². The van der Waals surface area contributed by atoms with Crippen molar-refractivity contribution < 1.29 is 19.1 Å². The average Bonchev–Trinajstić information content (AvgIpc) is 3.06. The van der Waals surface area contributed by atoms with E-state index in [0.29, 0.717) is 12.1 Å². The Bertz CT molecular complexity index is 806. The number of benzene rings is 1.